The smallest absolute Gasteiger partial charge is 0.123 e. The van der Waals surface area contributed by atoms with Gasteiger partial charge in [-0.1, -0.05) is 86.7 Å². The fourth-order valence-electron chi connectivity index (χ4n) is 4.08. The Labute approximate surface area is 198 Å². The molecule has 1 aliphatic rings. The number of benzene rings is 1. The van der Waals surface area contributed by atoms with Crippen molar-refractivity contribution in [3.63, 3.8) is 0 Å². The van der Waals surface area contributed by atoms with E-state index >= 15 is 0 Å². The van der Waals surface area contributed by atoms with Gasteiger partial charge in [0.15, 0.2) is 0 Å². The Morgan fingerprint density at radius 1 is 0.719 bits per heavy atom. The van der Waals surface area contributed by atoms with E-state index in [9.17, 15) is 4.79 Å². The van der Waals surface area contributed by atoms with Gasteiger partial charge < -0.3 is 9.53 Å². The minimum Gasteiger partial charge on any atom is -0.489 e. The van der Waals surface area contributed by atoms with Gasteiger partial charge in [-0.15, -0.1) is 11.8 Å². The molecule has 3 rings (SSSR count). The molecule has 1 fully saturated rings. The zero-order chi connectivity index (χ0) is 22.3. The van der Waals surface area contributed by atoms with E-state index in [0.717, 1.165) is 25.0 Å². The number of hydrogen-bond acceptors (Lipinski definition) is 3. The normalized spacial score (nSPS) is 19.8. The molecule has 2 nitrogen and oxygen atoms in total. The van der Waals surface area contributed by atoms with Crippen molar-refractivity contribution in [3.05, 3.63) is 84.4 Å². The van der Waals surface area contributed by atoms with Crippen molar-refractivity contribution in [2.24, 2.45) is 5.92 Å². The maximum atomic E-state index is 11.3. The first-order chi connectivity index (χ1) is 15.8. The second kappa shape index (κ2) is 14.7. The molecule has 0 radical (unpaired) electrons. The third kappa shape index (κ3) is 9.48. The molecule has 2 atom stereocenters. The van der Waals surface area contributed by atoms with E-state index in [1.165, 1.54) is 55.3 Å². The van der Waals surface area contributed by atoms with E-state index < -0.39 is 0 Å². The van der Waals surface area contributed by atoms with Crippen LogP contribution in [0.1, 0.15) is 63.4 Å². The van der Waals surface area contributed by atoms with Crippen LogP contribution in [0.2, 0.25) is 0 Å². The van der Waals surface area contributed by atoms with Crippen LogP contribution in [0.15, 0.2) is 83.8 Å². The van der Waals surface area contributed by atoms with Crippen LogP contribution in [0.5, 0.6) is 5.75 Å². The molecule has 1 saturated carbocycles. The molecule has 32 heavy (non-hydrogen) atoms. The molecule has 0 aliphatic heterocycles. The minimum atomic E-state index is 0.276. The Hall–Kier alpha value is -2.26. The number of ether oxygens (including phenoxy) is 1. The van der Waals surface area contributed by atoms with Crippen molar-refractivity contribution >= 4 is 18.0 Å². The van der Waals surface area contributed by atoms with E-state index in [1.807, 2.05) is 66.4 Å². The van der Waals surface area contributed by atoms with Gasteiger partial charge in [-0.3, -0.25) is 0 Å². The average molecular weight is 449 g/mol. The first-order valence-corrected chi connectivity index (χ1v) is 12.9. The fraction of sp³-hybridized carbons (Fsp3) is 0.414. The number of hydrogen-bond donors (Lipinski definition) is 0. The Bertz CT molecular complexity index is 823. The summed E-state index contributed by atoms with van der Waals surface area (Å²) in [6.07, 6.45) is 12.1. The minimum absolute atomic E-state index is 0.276. The second-order valence-corrected chi connectivity index (χ2v) is 9.95. The van der Waals surface area contributed by atoms with Crippen LogP contribution in [0.3, 0.4) is 0 Å². The predicted molar refractivity (Wildman–Crippen MR) is 136 cm³/mol. The lowest BCUT2D eigenvalue weighted by Crippen LogP contribution is -2.06. The number of carbonyl (C=O) groups excluding carboxylic acids is 1. The summed E-state index contributed by atoms with van der Waals surface area (Å²) in [7, 11) is 0. The highest BCUT2D eigenvalue weighted by Crippen LogP contribution is 2.32. The van der Waals surface area contributed by atoms with E-state index in [-0.39, 0.29) is 5.92 Å². The van der Waals surface area contributed by atoms with Gasteiger partial charge in [-0.2, -0.15) is 0 Å². The predicted octanol–water partition coefficient (Wildman–Crippen LogP) is 8.19. The zero-order valence-corrected chi connectivity index (χ0v) is 19.8. The molecular formula is C29H36O2S. The lowest BCUT2D eigenvalue weighted by Gasteiger charge is -2.17. The van der Waals surface area contributed by atoms with Crippen molar-refractivity contribution in [2.75, 3.05) is 0 Å². The van der Waals surface area contributed by atoms with E-state index in [1.54, 1.807) is 0 Å². The largest absolute Gasteiger partial charge is 0.489 e. The summed E-state index contributed by atoms with van der Waals surface area (Å²) in [4.78, 5) is 12.6. The first kappa shape index (κ1) is 24.4. The highest BCUT2D eigenvalue weighted by molar-refractivity contribution is 8.00. The quantitative estimate of drug-likeness (QED) is 0.417. The lowest BCUT2D eigenvalue weighted by molar-refractivity contribution is -0.111. The molecule has 1 aliphatic carbocycles. The first-order valence-electron chi connectivity index (χ1n) is 12.1. The molecule has 2 aromatic rings. The van der Waals surface area contributed by atoms with Gasteiger partial charge in [-0.05, 0) is 55.5 Å². The molecule has 0 spiro atoms. The molecule has 0 amide bonds. The van der Waals surface area contributed by atoms with Gasteiger partial charge in [0, 0.05) is 16.1 Å². The van der Waals surface area contributed by atoms with Crippen LogP contribution in [0, 0.1) is 5.92 Å². The Morgan fingerprint density at radius 2 is 1.31 bits per heavy atom. The van der Waals surface area contributed by atoms with Gasteiger partial charge in [-0.25, -0.2) is 0 Å². The topological polar surface area (TPSA) is 26.3 Å². The van der Waals surface area contributed by atoms with E-state index in [2.05, 4.69) is 24.3 Å². The highest BCUT2D eigenvalue weighted by atomic mass is 32.2. The van der Waals surface area contributed by atoms with Gasteiger partial charge in [0.25, 0.3) is 0 Å². The van der Waals surface area contributed by atoms with Gasteiger partial charge in [0.05, 0.1) is 0 Å². The molecule has 0 heterocycles. The summed E-state index contributed by atoms with van der Waals surface area (Å²) >= 11 is 2.01. The van der Waals surface area contributed by atoms with Crippen molar-refractivity contribution in [2.45, 2.75) is 74.5 Å². The van der Waals surface area contributed by atoms with Crippen molar-refractivity contribution < 1.29 is 9.53 Å². The summed E-state index contributed by atoms with van der Waals surface area (Å²) in [5.74, 6) is 1.13. The highest BCUT2D eigenvalue weighted by Gasteiger charge is 2.14. The maximum Gasteiger partial charge on any atom is 0.123 e. The monoisotopic (exact) mass is 448 g/mol. The summed E-state index contributed by atoms with van der Waals surface area (Å²) in [5.41, 5.74) is 1.18. The van der Waals surface area contributed by atoms with Crippen LogP contribution >= 0.6 is 11.8 Å². The van der Waals surface area contributed by atoms with Crippen LogP contribution in [-0.4, -0.2) is 11.5 Å². The molecule has 0 saturated heterocycles. The fourth-order valence-corrected chi connectivity index (χ4v) is 5.33. The molecule has 2 unspecified atom stereocenters. The molecule has 0 bridgehead atoms. The summed E-state index contributed by atoms with van der Waals surface area (Å²) in [6, 6.07) is 26.8. The van der Waals surface area contributed by atoms with E-state index in [4.69, 9.17) is 4.74 Å². The van der Waals surface area contributed by atoms with Gasteiger partial charge >= 0.3 is 0 Å². The number of thioether (sulfide) groups is 1. The standard InChI is InChI=1S/C29H36O2S/c30-23-25-13-8-6-7-11-17-28(18-12-14-25)32-29-21-19-26(20-22-29)24-31-27-15-9-4-2-1-3-5-10-16-27/h1-5,9-10,15-16,19-23,25,28H,6-8,11-14,17-18,24H2. The molecule has 0 N–H and O–H groups in total. The zero-order valence-electron chi connectivity index (χ0n) is 19.0. The maximum absolute atomic E-state index is 11.3. The summed E-state index contributed by atoms with van der Waals surface area (Å²) in [6.45, 7) is 0.561. The van der Waals surface area contributed by atoms with Crippen LogP contribution in [-0.2, 0) is 11.4 Å². The number of rotatable bonds is 6. The van der Waals surface area contributed by atoms with Gasteiger partial charge in [0.1, 0.15) is 18.6 Å². The average Bonchev–Trinajstić information content (AvgIpc) is 2.87. The molecule has 2 aromatic carbocycles. The lowest BCUT2D eigenvalue weighted by atomic mass is 9.97. The summed E-state index contributed by atoms with van der Waals surface area (Å²) in [5, 5.41) is 0.648. The van der Waals surface area contributed by atoms with Crippen LogP contribution in [0.4, 0.5) is 0 Å². The second-order valence-electron chi connectivity index (χ2n) is 8.57. The molecular weight excluding hydrogens is 412 g/mol. The van der Waals surface area contributed by atoms with Crippen LogP contribution < -0.4 is 4.74 Å². The third-order valence-electron chi connectivity index (χ3n) is 5.96. The Kier molecular flexibility index (Phi) is 11.2. The molecule has 3 heteroatoms. The van der Waals surface area contributed by atoms with Crippen molar-refractivity contribution in [1.82, 2.24) is 0 Å². The Morgan fingerprint density at radius 3 is 2.00 bits per heavy atom. The van der Waals surface area contributed by atoms with Gasteiger partial charge in [0.2, 0.25) is 0 Å². The van der Waals surface area contributed by atoms with E-state index in [0.29, 0.717) is 11.9 Å². The SMILES string of the molecule is O=CC1CCCCCCC(Sc2ccc(COc3ccccccccc3)cc2)CCC1. The number of aldehydes is 1. The Balaban J connectivity index is 1.53. The third-order valence-corrected chi connectivity index (χ3v) is 7.31. The van der Waals surface area contributed by atoms with Crippen molar-refractivity contribution in [1.29, 1.82) is 0 Å². The summed E-state index contributed by atoms with van der Waals surface area (Å²) < 4.78 is 6.01. The molecule has 0 aromatic heterocycles. The van der Waals surface area contributed by atoms with Crippen molar-refractivity contribution in [3.8, 4) is 5.75 Å². The van der Waals surface area contributed by atoms with Crippen LogP contribution in [0.25, 0.3) is 0 Å². The number of carbonyl (C=O) groups is 1. The molecule has 170 valence electrons.